The molecule has 0 saturated carbocycles. The number of hydrogen-bond donors (Lipinski definition) is 0. The van der Waals surface area contributed by atoms with Crippen molar-refractivity contribution in [2.45, 2.75) is 71.3 Å². The summed E-state index contributed by atoms with van der Waals surface area (Å²) in [6.45, 7) is 6.38. The molecule has 4 heterocycles. The average Bonchev–Trinajstić information content (AvgIpc) is 3.51. The summed E-state index contributed by atoms with van der Waals surface area (Å²) in [5.74, 6) is -0.429. The lowest BCUT2D eigenvalue weighted by Gasteiger charge is -2.29. The summed E-state index contributed by atoms with van der Waals surface area (Å²) in [7, 11) is -4.14. The largest absolute Gasteiger partial charge is 0.494 e. The van der Waals surface area contributed by atoms with Gasteiger partial charge < -0.3 is 13.7 Å². The molecule has 9 bridgehead atoms. The molecular weight excluding hydrogens is 698 g/mol. The van der Waals surface area contributed by atoms with E-state index in [0.717, 1.165) is 45.5 Å². The molecule has 3 atom stereocenters. The Morgan fingerprint density at radius 2 is 1.71 bits per heavy atom. The minimum absolute atomic E-state index is 0.0276. The molecule has 0 saturated heterocycles. The van der Waals surface area contributed by atoms with Gasteiger partial charge in [-0.25, -0.2) is 4.68 Å². The Morgan fingerprint density at radius 1 is 0.962 bits per heavy atom. The standard InChI is InChI=1S/C38H37F3N4O6S/c1-4-49-36(46)19-33-26-6-5-23(2)28(17-26)20-44-21-29-18-31(11-14-35(29)51-52(44,47)48)50-16-15-27(25-7-9-30(10-8-25)38(39,40)41)22-45-34-13-12-32(33)24(3)37(34)42-43-45/h5-14,17-18,27,33H,4,15-16,19-22H2,1-3H3. The first-order chi connectivity index (χ1) is 24.8. The number of fused-ring (bicyclic) bond motifs is 5. The molecule has 8 rings (SSSR count). The Kier molecular flexibility index (Phi) is 9.46. The molecule has 3 aliphatic rings. The fourth-order valence-electron chi connectivity index (χ4n) is 7.01. The quantitative estimate of drug-likeness (QED) is 0.176. The maximum Gasteiger partial charge on any atom is 0.416 e. The number of halogens is 3. The second kappa shape index (κ2) is 13.9. The monoisotopic (exact) mass is 734 g/mol. The van der Waals surface area contributed by atoms with E-state index in [1.807, 2.05) is 44.2 Å². The van der Waals surface area contributed by atoms with E-state index in [1.54, 1.807) is 29.8 Å². The van der Waals surface area contributed by atoms with Crippen LogP contribution in [0.25, 0.3) is 11.0 Å². The Hall–Kier alpha value is -4.95. The first-order valence-corrected chi connectivity index (χ1v) is 18.4. The van der Waals surface area contributed by atoms with Crippen LogP contribution >= 0.6 is 0 Å². The number of nitrogens with zero attached hydrogens (tertiary/aromatic N) is 4. The third kappa shape index (κ3) is 7.09. The third-order valence-electron chi connectivity index (χ3n) is 9.88. The van der Waals surface area contributed by atoms with Crippen LogP contribution in [0.3, 0.4) is 0 Å². The Labute approximate surface area is 299 Å². The van der Waals surface area contributed by atoms with Gasteiger partial charge in [-0.15, -0.1) is 5.10 Å². The summed E-state index contributed by atoms with van der Waals surface area (Å²) in [4.78, 5) is 13.0. The minimum Gasteiger partial charge on any atom is -0.494 e. The fraction of sp³-hybridized carbons (Fsp3) is 0.342. The summed E-state index contributed by atoms with van der Waals surface area (Å²) in [5.41, 5.74) is 5.98. The van der Waals surface area contributed by atoms with Gasteiger partial charge in [-0.2, -0.15) is 25.9 Å². The smallest absolute Gasteiger partial charge is 0.416 e. The SMILES string of the molecule is CCOC(=O)CC1c2ccc(C)c(c2)CN2Cc3cc(ccc3OS2(=O)=O)OCCC(c2ccc(C(F)(F)F)cc2)Cn2nnc3c(C)c1ccc32. The fourth-order valence-corrected chi connectivity index (χ4v) is 8.10. The molecule has 0 amide bonds. The lowest BCUT2D eigenvalue weighted by atomic mass is 9.84. The van der Waals surface area contributed by atoms with Gasteiger partial charge in [0, 0.05) is 30.5 Å². The van der Waals surface area contributed by atoms with Crippen molar-refractivity contribution in [2.24, 2.45) is 0 Å². The van der Waals surface area contributed by atoms with Gasteiger partial charge in [-0.1, -0.05) is 41.6 Å². The highest BCUT2D eigenvalue weighted by Gasteiger charge is 2.34. The van der Waals surface area contributed by atoms with Crippen LogP contribution < -0.4 is 8.92 Å². The summed E-state index contributed by atoms with van der Waals surface area (Å²) < 4.78 is 87.0. The van der Waals surface area contributed by atoms with Crippen LogP contribution in [0, 0.1) is 13.8 Å². The molecule has 272 valence electrons. The molecule has 3 unspecified atom stereocenters. The highest BCUT2D eigenvalue weighted by atomic mass is 32.2. The summed E-state index contributed by atoms with van der Waals surface area (Å²) in [6, 6.07) is 19.7. The molecule has 10 nitrogen and oxygen atoms in total. The number of ether oxygens (including phenoxy) is 2. The zero-order valence-electron chi connectivity index (χ0n) is 28.8. The average molecular weight is 735 g/mol. The summed E-state index contributed by atoms with van der Waals surface area (Å²) >= 11 is 0. The highest BCUT2D eigenvalue weighted by molar-refractivity contribution is 7.84. The molecule has 5 aromatic rings. The normalized spacial score (nSPS) is 20.0. The number of aromatic nitrogens is 3. The van der Waals surface area contributed by atoms with Crippen LogP contribution in [0.15, 0.2) is 72.8 Å². The summed E-state index contributed by atoms with van der Waals surface area (Å²) in [5, 5.41) is 9.02. The van der Waals surface area contributed by atoms with E-state index < -0.39 is 28.0 Å². The summed E-state index contributed by atoms with van der Waals surface area (Å²) in [6.07, 6.45) is -4.01. The van der Waals surface area contributed by atoms with Gasteiger partial charge in [0.05, 0.1) is 37.3 Å². The van der Waals surface area contributed by atoms with Gasteiger partial charge in [0.15, 0.2) is 0 Å². The van der Waals surface area contributed by atoms with E-state index in [9.17, 15) is 26.4 Å². The molecular formula is C38H37F3N4O6S. The molecule has 0 radical (unpaired) electrons. The molecule has 4 aromatic carbocycles. The van der Waals surface area contributed by atoms with Gasteiger partial charge in [0.25, 0.3) is 0 Å². The number of rotatable bonds is 4. The van der Waals surface area contributed by atoms with Crippen molar-refractivity contribution >= 4 is 27.3 Å². The van der Waals surface area contributed by atoms with Crippen LogP contribution in [0.2, 0.25) is 0 Å². The molecule has 0 spiro atoms. The number of hydrogen-bond acceptors (Lipinski definition) is 8. The van der Waals surface area contributed by atoms with E-state index in [-0.39, 0.29) is 50.4 Å². The van der Waals surface area contributed by atoms with Crippen molar-refractivity contribution in [3.05, 3.63) is 117 Å². The molecule has 3 aliphatic heterocycles. The van der Waals surface area contributed by atoms with Crippen molar-refractivity contribution in [1.82, 2.24) is 19.3 Å². The first-order valence-electron chi connectivity index (χ1n) is 17.0. The number of carbonyl (C=O) groups is 1. The van der Waals surface area contributed by atoms with Crippen LogP contribution in [-0.2, 0) is 45.6 Å². The predicted octanol–water partition coefficient (Wildman–Crippen LogP) is 7.36. The van der Waals surface area contributed by atoms with Crippen LogP contribution in [-0.4, -0.2) is 46.9 Å². The zero-order valence-corrected chi connectivity index (χ0v) is 29.6. The molecule has 0 aliphatic carbocycles. The maximum atomic E-state index is 13.4. The van der Waals surface area contributed by atoms with Gasteiger partial charge in [-0.3, -0.25) is 4.79 Å². The Bertz CT molecular complexity index is 2260. The Balaban J connectivity index is 1.35. The lowest BCUT2D eigenvalue weighted by Crippen LogP contribution is -2.37. The second-order valence-electron chi connectivity index (χ2n) is 13.2. The van der Waals surface area contributed by atoms with Crippen molar-refractivity contribution in [1.29, 1.82) is 0 Å². The maximum absolute atomic E-state index is 13.4. The van der Waals surface area contributed by atoms with Gasteiger partial charge >= 0.3 is 22.4 Å². The molecule has 14 heteroatoms. The molecule has 0 N–H and O–H groups in total. The van der Waals surface area contributed by atoms with Gasteiger partial charge in [-0.05, 0) is 97.0 Å². The molecule has 1 aromatic heterocycles. The number of aryl methyl sites for hydroxylation is 2. The number of esters is 1. The topological polar surface area (TPSA) is 113 Å². The van der Waals surface area contributed by atoms with E-state index in [1.165, 1.54) is 16.4 Å². The molecule has 52 heavy (non-hydrogen) atoms. The zero-order chi connectivity index (χ0) is 36.8. The molecule has 0 fully saturated rings. The Morgan fingerprint density at radius 3 is 2.46 bits per heavy atom. The van der Waals surface area contributed by atoms with Crippen LogP contribution in [0.5, 0.6) is 11.5 Å². The first kappa shape index (κ1) is 35.5. The van der Waals surface area contributed by atoms with E-state index >= 15 is 0 Å². The lowest BCUT2D eigenvalue weighted by molar-refractivity contribution is -0.143. The van der Waals surface area contributed by atoms with Crippen LogP contribution in [0.4, 0.5) is 13.2 Å². The van der Waals surface area contributed by atoms with Crippen molar-refractivity contribution in [3.63, 3.8) is 0 Å². The van der Waals surface area contributed by atoms with Crippen LogP contribution in [0.1, 0.15) is 76.1 Å². The minimum atomic E-state index is -4.47. The third-order valence-corrected chi connectivity index (χ3v) is 11.2. The highest BCUT2D eigenvalue weighted by Crippen LogP contribution is 2.38. The van der Waals surface area contributed by atoms with Crippen molar-refractivity contribution in [2.75, 3.05) is 13.2 Å². The van der Waals surface area contributed by atoms with E-state index in [2.05, 4.69) is 10.3 Å². The second-order valence-corrected chi connectivity index (χ2v) is 14.7. The number of benzene rings is 4. The predicted molar refractivity (Wildman–Crippen MR) is 186 cm³/mol. The van der Waals surface area contributed by atoms with Gasteiger partial charge in [0.1, 0.15) is 17.0 Å². The number of alkyl halides is 3. The van der Waals surface area contributed by atoms with E-state index in [0.29, 0.717) is 35.4 Å². The number of carbonyl (C=O) groups excluding carboxylic acids is 1. The van der Waals surface area contributed by atoms with Gasteiger partial charge in [0.2, 0.25) is 0 Å². The van der Waals surface area contributed by atoms with Crippen molar-refractivity contribution in [3.8, 4) is 11.5 Å². The van der Waals surface area contributed by atoms with Crippen molar-refractivity contribution < 1.29 is 40.0 Å². The van der Waals surface area contributed by atoms with E-state index in [4.69, 9.17) is 13.7 Å².